The molecule has 0 aliphatic heterocycles. The molecule has 1 N–H and O–H groups in total. The summed E-state index contributed by atoms with van der Waals surface area (Å²) >= 11 is 1.26. The number of Topliss-reactive ketones (excluding diaryl/α,β-unsaturated/α-hetero) is 1. The second-order valence-electron chi connectivity index (χ2n) is 6.61. The van der Waals surface area contributed by atoms with Crippen LogP contribution >= 0.6 is 11.8 Å². The highest BCUT2D eigenvalue weighted by Crippen LogP contribution is 2.29. The Labute approximate surface area is 171 Å². The average molecular weight is 416 g/mol. The standard InChI is InChI=1S/C20H21FN4O3S/c1-10-15(19(27)28-5)11(2)22-16(10)17(26)12(3)29-20-24-23-18(25(20)4)13-6-8-14(21)9-7-13/h6-9,12,22H,1-5H3. The van der Waals surface area contributed by atoms with Crippen molar-refractivity contribution < 1.29 is 18.7 Å². The number of ketones is 1. The molecule has 0 radical (unpaired) electrons. The van der Waals surface area contributed by atoms with Crippen LogP contribution in [-0.4, -0.2) is 43.9 Å². The van der Waals surface area contributed by atoms with Gasteiger partial charge in [-0.1, -0.05) is 11.8 Å². The number of benzene rings is 1. The van der Waals surface area contributed by atoms with Gasteiger partial charge in [0.2, 0.25) is 0 Å². The number of thioether (sulfide) groups is 1. The fourth-order valence-corrected chi connectivity index (χ4v) is 3.96. The molecule has 7 nitrogen and oxygen atoms in total. The van der Waals surface area contributed by atoms with Gasteiger partial charge in [0.05, 0.1) is 23.6 Å². The first-order chi connectivity index (χ1) is 13.7. The number of methoxy groups -OCH3 is 1. The Morgan fingerprint density at radius 3 is 2.48 bits per heavy atom. The van der Waals surface area contributed by atoms with Crippen molar-refractivity contribution >= 4 is 23.5 Å². The van der Waals surface area contributed by atoms with Gasteiger partial charge in [0.25, 0.3) is 0 Å². The SMILES string of the molecule is COC(=O)c1c(C)[nH]c(C(=O)C(C)Sc2nnc(-c3ccc(F)cc3)n2C)c1C. The topological polar surface area (TPSA) is 89.9 Å². The Bertz CT molecular complexity index is 1070. The largest absolute Gasteiger partial charge is 0.465 e. The smallest absolute Gasteiger partial charge is 0.339 e. The maximum Gasteiger partial charge on any atom is 0.339 e. The quantitative estimate of drug-likeness (QED) is 0.374. The minimum absolute atomic E-state index is 0.155. The highest BCUT2D eigenvalue weighted by atomic mass is 32.2. The van der Waals surface area contributed by atoms with E-state index in [2.05, 4.69) is 15.2 Å². The number of rotatable bonds is 6. The number of ether oxygens (including phenoxy) is 1. The molecule has 1 aromatic carbocycles. The third-order valence-electron chi connectivity index (χ3n) is 4.66. The molecule has 1 unspecified atom stereocenters. The summed E-state index contributed by atoms with van der Waals surface area (Å²) in [4.78, 5) is 27.9. The fourth-order valence-electron chi connectivity index (χ4n) is 3.09. The first-order valence-electron chi connectivity index (χ1n) is 8.88. The van der Waals surface area contributed by atoms with E-state index in [9.17, 15) is 14.0 Å². The summed E-state index contributed by atoms with van der Waals surface area (Å²) in [6.07, 6.45) is 0. The molecular formula is C20H21FN4O3S. The molecule has 0 aliphatic carbocycles. The molecule has 0 aliphatic rings. The van der Waals surface area contributed by atoms with Gasteiger partial charge in [0.1, 0.15) is 5.82 Å². The molecule has 1 atom stereocenters. The van der Waals surface area contributed by atoms with Gasteiger partial charge in [-0.05, 0) is 50.6 Å². The number of nitrogens with one attached hydrogen (secondary N) is 1. The van der Waals surface area contributed by atoms with Crippen LogP contribution in [0.5, 0.6) is 0 Å². The summed E-state index contributed by atoms with van der Waals surface area (Å²) < 4.78 is 19.7. The Balaban J connectivity index is 1.82. The van der Waals surface area contributed by atoms with Crippen LogP contribution in [0.1, 0.15) is 39.0 Å². The Hall–Kier alpha value is -2.94. The summed E-state index contributed by atoms with van der Waals surface area (Å²) in [5.74, 6) is -0.385. The van der Waals surface area contributed by atoms with Crippen LogP contribution in [-0.2, 0) is 11.8 Å². The van der Waals surface area contributed by atoms with Crippen molar-refractivity contribution in [3.8, 4) is 11.4 Å². The van der Waals surface area contributed by atoms with Crippen LogP contribution in [0.3, 0.4) is 0 Å². The second kappa shape index (κ2) is 8.20. The number of nitrogens with zero attached hydrogens (tertiary/aromatic N) is 3. The Morgan fingerprint density at radius 2 is 1.86 bits per heavy atom. The van der Waals surface area contributed by atoms with E-state index in [1.807, 2.05) is 0 Å². The number of aromatic nitrogens is 4. The lowest BCUT2D eigenvalue weighted by atomic mass is 10.1. The molecule has 0 fully saturated rings. The lowest BCUT2D eigenvalue weighted by Crippen LogP contribution is -2.16. The molecule has 0 amide bonds. The molecule has 2 heterocycles. The number of H-pyrrole nitrogens is 1. The molecule has 0 saturated carbocycles. The number of carbonyl (C=O) groups excluding carboxylic acids is 2. The highest BCUT2D eigenvalue weighted by Gasteiger charge is 2.27. The van der Waals surface area contributed by atoms with Crippen molar-refractivity contribution in [2.24, 2.45) is 7.05 Å². The van der Waals surface area contributed by atoms with Crippen LogP contribution in [0.2, 0.25) is 0 Å². The van der Waals surface area contributed by atoms with Gasteiger partial charge in [-0.15, -0.1) is 10.2 Å². The van der Waals surface area contributed by atoms with Crippen LogP contribution in [0, 0.1) is 19.7 Å². The summed E-state index contributed by atoms with van der Waals surface area (Å²) in [5.41, 5.74) is 2.64. The van der Waals surface area contributed by atoms with Gasteiger partial charge >= 0.3 is 5.97 Å². The molecule has 29 heavy (non-hydrogen) atoms. The predicted molar refractivity (Wildman–Crippen MR) is 108 cm³/mol. The van der Waals surface area contributed by atoms with E-state index in [-0.39, 0.29) is 11.6 Å². The van der Waals surface area contributed by atoms with Crippen molar-refractivity contribution in [3.63, 3.8) is 0 Å². The van der Waals surface area contributed by atoms with E-state index < -0.39 is 11.2 Å². The maximum absolute atomic E-state index is 13.1. The van der Waals surface area contributed by atoms with Gasteiger partial charge in [-0.3, -0.25) is 4.79 Å². The molecule has 0 saturated heterocycles. The third-order valence-corrected chi connectivity index (χ3v) is 5.80. The lowest BCUT2D eigenvalue weighted by Gasteiger charge is -2.10. The number of aromatic amines is 1. The van der Waals surface area contributed by atoms with Gasteiger partial charge in [-0.2, -0.15) is 0 Å². The first-order valence-corrected chi connectivity index (χ1v) is 9.76. The Morgan fingerprint density at radius 1 is 1.21 bits per heavy atom. The lowest BCUT2D eigenvalue weighted by molar-refractivity contribution is 0.0599. The van der Waals surface area contributed by atoms with Gasteiger partial charge in [0, 0.05) is 18.3 Å². The number of carbonyl (C=O) groups is 2. The second-order valence-corrected chi connectivity index (χ2v) is 7.92. The third kappa shape index (κ3) is 3.95. The van der Waals surface area contributed by atoms with Gasteiger partial charge in [-0.25, -0.2) is 9.18 Å². The minimum atomic E-state index is -0.479. The van der Waals surface area contributed by atoms with Crippen molar-refractivity contribution in [1.82, 2.24) is 19.7 Å². The molecule has 0 bridgehead atoms. The molecule has 3 rings (SSSR count). The van der Waals surface area contributed by atoms with Crippen molar-refractivity contribution in [1.29, 1.82) is 0 Å². The summed E-state index contributed by atoms with van der Waals surface area (Å²) in [7, 11) is 3.10. The molecule has 152 valence electrons. The normalized spacial score (nSPS) is 12.1. The van der Waals surface area contributed by atoms with E-state index in [1.54, 1.807) is 44.5 Å². The predicted octanol–water partition coefficient (Wildman–Crippen LogP) is 3.72. The number of hydrogen-bond acceptors (Lipinski definition) is 6. The minimum Gasteiger partial charge on any atom is -0.465 e. The van der Waals surface area contributed by atoms with Crippen LogP contribution < -0.4 is 0 Å². The summed E-state index contributed by atoms with van der Waals surface area (Å²) in [6.45, 7) is 5.22. The summed E-state index contributed by atoms with van der Waals surface area (Å²) in [6, 6.07) is 5.97. The number of aryl methyl sites for hydroxylation is 1. The highest BCUT2D eigenvalue weighted by molar-refractivity contribution is 8.00. The molecule has 0 spiro atoms. The van der Waals surface area contributed by atoms with E-state index in [4.69, 9.17) is 4.74 Å². The van der Waals surface area contributed by atoms with Gasteiger partial charge in [0.15, 0.2) is 16.8 Å². The van der Waals surface area contributed by atoms with E-state index in [0.29, 0.717) is 33.5 Å². The first kappa shape index (κ1) is 20.8. The maximum atomic E-state index is 13.1. The zero-order valence-electron chi connectivity index (χ0n) is 16.7. The zero-order chi connectivity index (χ0) is 21.3. The number of esters is 1. The molecular weight excluding hydrogens is 395 g/mol. The Kier molecular flexibility index (Phi) is 5.88. The van der Waals surface area contributed by atoms with Crippen molar-refractivity contribution in [3.05, 3.63) is 52.6 Å². The molecule has 3 aromatic rings. The summed E-state index contributed by atoms with van der Waals surface area (Å²) in [5, 5.41) is 8.41. The monoisotopic (exact) mass is 416 g/mol. The van der Waals surface area contributed by atoms with Crippen LogP contribution in [0.15, 0.2) is 29.4 Å². The van der Waals surface area contributed by atoms with Crippen molar-refractivity contribution in [2.45, 2.75) is 31.2 Å². The molecule has 2 aromatic heterocycles. The fraction of sp³-hybridized carbons (Fsp3) is 0.300. The van der Waals surface area contributed by atoms with E-state index in [0.717, 1.165) is 5.56 Å². The van der Waals surface area contributed by atoms with Crippen molar-refractivity contribution in [2.75, 3.05) is 7.11 Å². The van der Waals surface area contributed by atoms with Crippen LogP contribution in [0.4, 0.5) is 4.39 Å². The number of halogens is 1. The molecule has 9 heteroatoms. The zero-order valence-corrected chi connectivity index (χ0v) is 17.6. The number of hydrogen-bond donors (Lipinski definition) is 1. The van der Waals surface area contributed by atoms with Crippen LogP contribution in [0.25, 0.3) is 11.4 Å². The van der Waals surface area contributed by atoms with Gasteiger partial charge < -0.3 is 14.3 Å². The average Bonchev–Trinajstić information content (AvgIpc) is 3.20. The van der Waals surface area contributed by atoms with E-state index >= 15 is 0 Å². The van der Waals surface area contributed by atoms with E-state index in [1.165, 1.54) is 31.0 Å².